The number of ether oxygens (including phenoxy) is 2. The molecule has 2 aromatic rings. The molecule has 0 bridgehead atoms. The van der Waals surface area contributed by atoms with Crippen molar-refractivity contribution in [2.75, 3.05) is 20.2 Å². The van der Waals surface area contributed by atoms with Gasteiger partial charge < -0.3 is 9.47 Å². The molecular weight excluding hydrogens is 378 g/mol. The lowest BCUT2D eigenvalue weighted by Gasteiger charge is -2.43. The Kier molecular flexibility index (Phi) is 4.67. The van der Waals surface area contributed by atoms with Gasteiger partial charge in [0.1, 0.15) is 17.1 Å². The fourth-order valence-electron chi connectivity index (χ4n) is 3.92. The van der Waals surface area contributed by atoms with Gasteiger partial charge >= 0.3 is 0 Å². The minimum absolute atomic E-state index is 0.0661. The van der Waals surface area contributed by atoms with Crippen LogP contribution in [-0.2, 0) is 10.0 Å². The van der Waals surface area contributed by atoms with Gasteiger partial charge in [-0.25, -0.2) is 8.42 Å². The molecule has 0 radical (unpaired) electrons. The SMILES string of the molecule is COc1ccc(S(=O)(=O)N2CCC3(CC2)CC(=O)c2cc(C)ccc2O3)cc1. The highest BCUT2D eigenvalue weighted by molar-refractivity contribution is 7.89. The predicted octanol–water partition coefficient (Wildman–Crippen LogP) is 3.19. The monoisotopic (exact) mass is 401 g/mol. The molecule has 2 aliphatic rings. The highest BCUT2D eigenvalue weighted by Crippen LogP contribution is 2.40. The summed E-state index contributed by atoms with van der Waals surface area (Å²) in [6, 6.07) is 12.0. The molecular formula is C21H23NO5S. The normalized spacial score (nSPS) is 19.1. The first-order valence-corrected chi connectivity index (χ1v) is 10.7. The molecule has 0 saturated carbocycles. The maximum Gasteiger partial charge on any atom is 0.243 e. The molecule has 0 atom stereocenters. The molecule has 0 unspecified atom stereocenters. The Balaban J connectivity index is 1.51. The third-order valence-electron chi connectivity index (χ3n) is 5.58. The maximum absolute atomic E-state index is 12.9. The van der Waals surface area contributed by atoms with Crippen molar-refractivity contribution >= 4 is 15.8 Å². The van der Waals surface area contributed by atoms with Crippen molar-refractivity contribution in [2.24, 2.45) is 0 Å². The summed E-state index contributed by atoms with van der Waals surface area (Å²) in [6.07, 6.45) is 1.27. The molecule has 4 rings (SSSR count). The van der Waals surface area contributed by atoms with E-state index in [0.29, 0.717) is 49.4 Å². The van der Waals surface area contributed by atoms with Gasteiger partial charge in [-0.1, -0.05) is 11.6 Å². The quantitative estimate of drug-likeness (QED) is 0.790. The summed E-state index contributed by atoms with van der Waals surface area (Å²) in [5, 5.41) is 0. The lowest BCUT2D eigenvalue weighted by atomic mass is 9.83. The molecule has 0 amide bonds. The van der Waals surface area contributed by atoms with E-state index in [1.165, 1.54) is 4.31 Å². The number of carbonyl (C=O) groups is 1. The molecule has 1 spiro atoms. The topological polar surface area (TPSA) is 72.9 Å². The van der Waals surface area contributed by atoms with Crippen LogP contribution in [0.25, 0.3) is 0 Å². The van der Waals surface area contributed by atoms with Crippen LogP contribution in [0.4, 0.5) is 0 Å². The van der Waals surface area contributed by atoms with Crippen LogP contribution in [0.5, 0.6) is 11.5 Å². The Labute approximate surface area is 165 Å². The summed E-state index contributed by atoms with van der Waals surface area (Å²) < 4.78 is 38.7. The number of ketones is 1. The number of methoxy groups -OCH3 is 1. The van der Waals surface area contributed by atoms with E-state index in [9.17, 15) is 13.2 Å². The summed E-state index contributed by atoms with van der Waals surface area (Å²) in [5.74, 6) is 1.28. The zero-order valence-electron chi connectivity index (χ0n) is 16.0. The van der Waals surface area contributed by atoms with Gasteiger partial charge in [-0.05, 0) is 43.3 Å². The van der Waals surface area contributed by atoms with Crippen molar-refractivity contribution in [1.82, 2.24) is 4.31 Å². The molecule has 28 heavy (non-hydrogen) atoms. The molecule has 2 heterocycles. The van der Waals surface area contributed by atoms with Gasteiger partial charge in [0.15, 0.2) is 5.78 Å². The molecule has 0 N–H and O–H groups in total. The van der Waals surface area contributed by atoms with Crippen LogP contribution in [0.1, 0.15) is 35.2 Å². The second-order valence-corrected chi connectivity index (χ2v) is 9.40. The van der Waals surface area contributed by atoms with E-state index >= 15 is 0 Å². The fraction of sp³-hybridized carbons (Fsp3) is 0.381. The zero-order chi connectivity index (χ0) is 19.9. The second-order valence-electron chi connectivity index (χ2n) is 7.46. The van der Waals surface area contributed by atoms with Crippen LogP contribution in [0.2, 0.25) is 0 Å². The maximum atomic E-state index is 12.9. The Morgan fingerprint density at radius 3 is 2.39 bits per heavy atom. The number of aryl methyl sites for hydroxylation is 1. The number of piperidine rings is 1. The Hall–Kier alpha value is -2.38. The number of hydrogen-bond acceptors (Lipinski definition) is 5. The molecule has 1 fully saturated rings. The Morgan fingerprint density at radius 1 is 1.07 bits per heavy atom. The molecule has 6 nitrogen and oxygen atoms in total. The number of nitrogens with zero attached hydrogens (tertiary/aromatic N) is 1. The van der Waals surface area contributed by atoms with Gasteiger partial charge in [0, 0.05) is 25.9 Å². The van der Waals surface area contributed by atoms with E-state index in [1.807, 2.05) is 25.1 Å². The van der Waals surface area contributed by atoms with E-state index in [4.69, 9.17) is 9.47 Å². The first-order chi connectivity index (χ1) is 13.3. The van der Waals surface area contributed by atoms with E-state index in [0.717, 1.165) is 5.56 Å². The number of fused-ring (bicyclic) bond motifs is 1. The largest absolute Gasteiger partial charge is 0.497 e. The summed E-state index contributed by atoms with van der Waals surface area (Å²) >= 11 is 0. The summed E-state index contributed by atoms with van der Waals surface area (Å²) in [4.78, 5) is 12.9. The van der Waals surface area contributed by atoms with Crippen LogP contribution in [-0.4, -0.2) is 44.3 Å². The minimum Gasteiger partial charge on any atom is -0.497 e. The van der Waals surface area contributed by atoms with Gasteiger partial charge in [0.25, 0.3) is 0 Å². The van der Waals surface area contributed by atoms with E-state index in [1.54, 1.807) is 31.4 Å². The van der Waals surface area contributed by atoms with Crippen LogP contribution < -0.4 is 9.47 Å². The van der Waals surface area contributed by atoms with E-state index < -0.39 is 15.6 Å². The molecule has 2 aromatic carbocycles. The molecule has 7 heteroatoms. The molecule has 148 valence electrons. The number of hydrogen-bond donors (Lipinski definition) is 0. The van der Waals surface area contributed by atoms with Gasteiger partial charge in [-0.15, -0.1) is 0 Å². The number of benzene rings is 2. The highest BCUT2D eigenvalue weighted by atomic mass is 32.2. The minimum atomic E-state index is -3.58. The number of rotatable bonds is 3. The fourth-order valence-corrected chi connectivity index (χ4v) is 5.36. The van der Waals surface area contributed by atoms with Crippen molar-refractivity contribution in [2.45, 2.75) is 36.7 Å². The number of sulfonamides is 1. The van der Waals surface area contributed by atoms with Crippen molar-refractivity contribution in [3.63, 3.8) is 0 Å². The molecule has 0 aliphatic carbocycles. The third kappa shape index (κ3) is 3.29. The van der Waals surface area contributed by atoms with Crippen molar-refractivity contribution < 1.29 is 22.7 Å². The van der Waals surface area contributed by atoms with Gasteiger partial charge in [0.2, 0.25) is 10.0 Å². The van der Waals surface area contributed by atoms with Crippen LogP contribution in [0, 0.1) is 6.92 Å². The lowest BCUT2D eigenvalue weighted by molar-refractivity contribution is 0.00589. The summed E-state index contributed by atoms with van der Waals surface area (Å²) in [5.41, 5.74) is 1.02. The predicted molar refractivity (Wildman–Crippen MR) is 104 cm³/mol. The van der Waals surface area contributed by atoms with E-state index in [2.05, 4.69) is 0 Å². The summed E-state index contributed by atoms with van der Waals surface area (Å²) in [7, 11) is -2.04. The zero-order valence-corrected chi connectivity index (χ0v) is 16.8. The molecule has 0 aromatic heterocycles. The van der Waals surface area contributed by atoms with Crippen molar-refractivity contribution in [3.8, 4) is 11.5 Å². The van der Waals surface area contributed by atoms with Crippen LogP contribution >= 0.6 is 0 Å². The van der Waals surface area contributed by atoms with Crippen molar-refractivity contribution in [3.05, 3.63) is 53.6 Å². The molecule has 2 aliphatic heterocycles. The van der Waals surface area contributed by atoms with Crippen molar-refractivity contribution in [1.29, 1.82) is 0 Å². The van der Waals surface area contributed by atoms with Gasteiger partial charge in [-0.3, -0.25) is 4.79 Å². The Bertz CT molecular complexity index is 1010. The van der Waals surface area contributed by atoms with Gasteiger partial charge in [0.05, 0.1) is 24.0 Å². The Morgan fingerprint density at radius 2 is 1.75 bits per heavy atom. The summed E-state index contributed by atoms with van der Waals surface area (Å²) in [6.45, 7) is 2.59. The number of Topliss-reactive ketones (excluding diaryl/α,β-unsaturated/α-hetero) is 1. The standard InChI is InChI=1S/C21H23NO5S/c1-15-3-8-20-18(13-15)19(23)14-21(27-20)9-11-22(12-10-21)28(24,25)17-6-4-16(26-2)5-7-17/h3-8,13H,9-12,14H2,1-2H3. The van der Waals surface area contributed by atoms with Crippen LogP contribution in [0.3, 0.4) is 0 Å². The first-order valence-electron chi connectivity index (χ1n) is 9.30. The van der Waals surface area contributed by atoms with Crippen LogP contribution in [0.15, 0.2) is 47.4 Å². The van der Waals surface area contributed by atoms with Gasteiger partial charge in [-0.2, -0.15) is 4.31 Å². The average Bonchev–Trinajstić information content (AvgIpc) is 2.69. The van der Waals surface area contributed by atoms with E-state index in [-0.39, 0.29) is 10.7 Å². The average molecular weight is 401 g/mol. The smallest absolute Gasteiger partial charge is 0.243 e. The highest BCUT2D eigenvalue weighted by Gasteiger charge is 2.45. The molecule has 1 saturated heterocycles. The number of carbonyl (C=O) groups excluding carboxylic acids is 1. The lowest BCUT2D eigenvalue weighted by Crippen LogP contribution is -2.52. The third-order valence-corrected chi connectivity index (χ3v) is 7.49. The first kappa shape index (κ1) is 19.0. The second kappa shape index (κ2) is 6.90.